The molecule has 0 saturated heterocycles. The molecular formula is C20H15N5O3S. The van der Waals surface area contributed by atoms with Gasteiger partial charge in [-0.25, -0.2) is 18.4 Å². The molecule has 0 amide bonds. The van der Waals surface area contributed by atoms with E-state index in [0.29, 0.717) is 33.8 Å². The zero-order chi connectivity index (χ0) is 19.8. The summed E-state index contributed by atoms with van der Waals surface area (Å²) in [7, 11) is -3.68. The van der Waals surface area contributed by atoms with E-state index in [1.807, 2.05) is 41.1 Å². The zero-order valence-corrected chi connectivity index (χ0v) is 15.9. The number of nitrogens with zero attached hydrogens (tertiary/aromatic N) is 4. The highest BCUT2D eigenvalue weighted by Crippen LogP contribution is 2.24. The lowest BCUT2D eigenvalue weighted by Gasteiger charge is -2.08. The maximum atomic E-state index is 12.7. The summed E-state index contributed by atoms with van der Waals surface area (Å²) >= 11 is 0. The van der Waals surface area contributed by atoms with Crippen LogP contribution in [0.2, 0.25) is 0 Å². The topological polar surface area (TPSA) is 102 Å². The Labute approximate surface area is 165 Å². The Hall–Kier alpha value is -3.72. The molecule has 0 aliphatic heterocycles. The van der Waals surface area contributed by atoms with Crippen LogP contribution < -0.4 is 4.72 Å². The molecule has 5 aromatic rings. The SMILES string of the molecule is O=S(=O)(Cc1noc2ccccc12)Nc1cccc(-c2cn3cccnc3n2)c1. The van der Waals surface area contributed by atoms with Crippen molar-refractivity contribution >= 4 is 32.5 Å². The molecule has 0 atom stereocenters. The van der Waals surface area contributed by atoms with E-state index in [1.165, 1.54) is 0 Å². The van der Waals surface area contributed by atoms with E-state index in [9.17, 15) is 8.42 Å². The number of hydrogen-bond acceptors (Lipinski definition) is 6. The summed E-state index contributed by atoms with van der Waals surface area (Å²) in [5, 5.41) is 4.58. The predicted octanol–water partition coefficient (Wildman–Crippen LogP) is 3.48. The fourth-order valence-corrected chi connectivity index (χ4v) is 4.28. The summed E-state index contributed by atoms with van der Waals surface area (Å²) in [6.45, 7) is 0. The smallest absolute Gasteiger partial charge is 0.238 e. The number of benzene rings is 2. The first-order valence-electron chi connectivity index (χ1n) is 8.81. The number of imidazole rings is 1. The van der Waals surface area contributed by atoms with Gasteiger partial charge in [-0.05, 0) is 30.3 Å². The van der Waals surface area contributed by atoms with Gasteiger partial charge in [0.2, 0.25) is 15.8 Å². The zero-order valence-electron chi connectivity index (χ0n) is 15.1. The molecule has 9 heteroatoms. The Morgan fingerprint density at radius 2 is 1.97 bits per heavy atom. The molecule has 0 spiro atoms. The lowest BCUT2D eigenvalue weighted by molar-refractivity contribution is 0.448. The number of aromatic nitrogens is 4. The van der Waals surface area contributed by atoms with Gasteiger partial charge < -0.3 is 4.52 Å². The van der Waals surface area contributed by atoms with Gasteiger partial charge in [0, 0.05) is 35.2 Å². The fraction of sp³-hybridized carbons (Fsp3) is 0.0500. The van der Waals surface area contributed by atoms with Crippen molar-refractivity contribution in [2.45, 2.75) is 5.75 Å². The maximum Gasteiger partial charge on any atom is 0.238 e. The van der Waals surface area contributed by atoms with Crippen LogP contribution in [0.3, 0.4) is 0 Å². The molecule has 8 nitrogen and oxygen atoms in total. The normalized spacial score (nSPS) is 11.9. The molecule has 0 radical (unpaired) electrons. The first kappa shape index (κ1) is 17.4. The molecule has 2 aromatic carbocycles. The van der Waals surface area contributed by atoms with E-state index < -0.39 is 10.0 Å². The van der Waals surface area contributed by atoms with E-state index in [4.69, 9.17) is 4.52 Å². The number of rotatable bonds is 5. The highest BCUT2D eigenvalue weighted by atomic mass is 32.2. The molecule has 3 heterocycles. The number of hydrogen-bond donors (Lipinski definition) is 1. The minimum absolute atomic E-state index is 0.285. The third-order valence-corrected chi connectivity index (χ3v) is 5.65. The van der Waals surface area contributed by atoms with Crippen LogP contribution in [0.1, 0.15) is 5.69 Å². The summed E-state index contributed by atoms with van der Waals surface area (Å²) < 4.78 is 35.0. The first-order valence-corrected chi connectivity index (χ1v) is 10.5. The van der Waals surface area contributed by atoms with Crippen molar-refractivity contribution in [3.8, 4) is 11.3 Å². The van der Waals surface area contributed by atoms with Gasteiger partial charge in [-0.15, -0.1) is 0 Å². The van der Waals surface area contributed by atoms with Gasteiger partial charge >= 0.3 is 0 Å². The summed E-state index contributed by atoms with van der Waals surface area (Å²) in [5.74, 6) is 0.290. The molecule has 144 valence electrons. The number of para-hydroxylation sites is 1. The largest absolute Gasteiger partial charge is 0.356 e. The van der Waals surface area contributed by atoms with Gasteiger partial charge in [-0.2, -0.15) is 0 Å². The van der Waals surface area contributed by atoms with Crippen LogP contribution in [-0.4, -0.2) is 27.9 Å². The van der Waals surface area contributed by atoms with Gasteiger partial charge in [-0.1, -0.05) is 29.4 Å². The molecule has 0 fully saturated rings. The Bertz CT molecular complexity index is 1410. The van der Waals surface area contributed by atoms with Gasteiger partial charge in [0.05, 0.1) is 5.69 Å². The Kier molecular flexibility index (Phi) is 4.02. The minimum atomic E-state index is -3.68. The minimum Gasteiger partial charge on any atom is -0.356 e. The summed E-state index contributed by atoms with van der Waals surface area (Å²) in [5.41, 5.74) is 2.85. The summed E-state index contributed by atoms with van der Waals surface area (Å²) in [6.07, 6.45) is 5.37. The van der Waals surface area contributed by atoms with E-state index in [2.05, 4.69) is 19.8 Å². The predicted molar refractivity (Wildman–Crippen MR) is 109 cm³/mol. The second kappa shape index (κ2) is 6.71. The summed E-state index contributed by atoms with van der Waals surface area (Å²) in [6, 6.07) is 16.0. The molecule has 29 heavy (non-hydrogen) atoms. The number of fused-ring (bicyclic) bond motifs is 2. The third-order valence-electron chi connectivity index (χ3n) is 4.45. The molecule has 0 aliphatic rings. The quantitative estimate of drug-likeness (QED) is 0.480. The van der Waals surface area contributed by atoms with Crippen LogP contribution in [0.4, 0.5) is 5.69 Å². The lowest BCUT2D eigenvalue weighted by atomic mass is 10.1. The molecular weight excluding hydrogens is 390 g/mol. The second-order valence-corrected chi connectivity index (χ2v) is 8.24. The Morgan fingerprint density at radius 1 is 1.07 bits per heavy atom. The first-order chi connectivity index (χ1) is 14.1. The van der Waals surface area contributed by atoms with Crippen molar-refractivity contribution < 1.29 is 12.9 Å². The molecule has 0 saturated carbocycles. The fourth-order valence-electron chi connectivity index (χ4n) is 3.15. The monoisotopic (exact) mass is 405 g/mol. The van der Waals surface area contributed by atoms with Crippen molar-refractivity contribution in [2.75, 3.05) is 4.72 Å². The van der Waals surface area contributed by atoms with Crippen LogP contribution in [0.5, 0.6) is 0 Å². The van der Waals surface area contributed by atoms with E-state index in [-0.39, 0.29) is 5.75 Å². The molecule has 0 bridgehead atoms. The molecule has 5 rings (SSSR count). The number of sulfonamides is 1. The third kappa shape index (κ3) is 3.43. The van der Waals surface area contributed by atoms with Gasteiger partial charge in [0.25, 0.3) is 0 Å². The van der Waals surface area contributed by atoms with E-state index in [0.717, 1.165) is 5.56 Å². The van der Waals surface area contributed by atoms with Crippen molar-refractivity contribution in [3.05, 3.63) is 78.9 Å². The van der Waals surface area contributed by atoms with Crippen LogP contribution in [-0.2, 0) is 15.8 Å². The van der Waals surface area contributed by atoms with E-state index in [1.54, 1.807) is 36.5 Å². The molecule has 1 N–H and O–H groups in total. The van der Waals surface area contributed by atoms with Gasteiger partial charge in [-0.3, -0.25) is 9.12 Å². The Balaban J connectivity index is 1.42. The van der Waals surface area contributed by atoms with E-state index >= 15 is 0 Å². The summed E-state index contributed by atoms with van der Waals surface area (Å²) in [4.78, 5) is 8.67. The number of nitrogens with one attached hydrogen (secondary N) is 1. The Morgan fingerprint density at radius 3 is 2.86 bits per heavy atom. The highest BCUT2D eigenvalue weighted by molar-refractivity contribution is 7.91. The standard InChI is InChI=1S/C20H15N5O3S/c26-29(27,13-18-16-7-1-2-8-19(16)28-23-18)24-15-6-3-5-14(11-15)17-12-25-10-4-9-21-20(25)22-17/h1-12,24H,13H2. The maximum absolute atomic E-state index is 12.7. The molecule has 0 unspecified atom stereocenters. The van der Waals surface area contributed by atoms with Crippen LogP contribution >= 0.6 is 0 Å². The van der Waals surface area contributed by atoms with Crippen molar-refractivity contribution in [1.82, 2.24) is 19.5 Å². The lowest BCUT2D eigenvalue weighted by Crippen LogP contribution is -2.15. The average molecular weight is 405 g/mol. The van der Waals surface area contributed by atoms with Crippen LogP contribution in [0.25, 0.3) is 28.0 Å². The molecule has 0 aliphatic carbocycles. The van der Waals surface area contributed by atoms with Crippen LogP contribution in [0.15, 0.2) is 77.7 Å². The second-order valence-electron chi connectivity index (χ2n) is 6.52. The van der Waals surface area contributed by atoms with Crippen molar-refractivity contribution in [1.29, 1.82) is 0 Å². The van der Waals surface area contributed by atoms with Crippen LogP contribution in [0, 0.1) is 0 Å². The highest BCUT2D eigenvalue weighted by Gasteiger charge is 2.18. The average Bonchev–Trinajstić information content (AvgIpc) is 3.32. The van der Waals surface area contributed by atoms with Crippen molar-refractivity contribution in [3.63, 3.8) is 0 Å². The molecule has 3 aromatic heterocycles. The number of anilines is 1. The van der Waals surface area contributed by atoms with Crippen molar-refractivity contribution in [2.24, 2.45) is 0 Å². The van der Waals surface area contributed by atoms with Gasteiger partial charge in [0.15, 0.2) is 5.58 Å². The van der Waals surface area contributed by atoms with Gasteiger partial charge in [0.1, 0.15) is 11.4 Å².